The van der Waals surface area contributed by atoms with Gasteiger partial charge in [-0.2, -0.15) is 20.6 Å². The summed E-state index contributed by atoms with van der Waals surface area (Å²) in [7, 11) is -3.49. The second-order valence-corrected chi connectivity index (χ2v) is 11.2. The summed E-state index contributed by atoms with van der Waals surface area (Å²) in [6, 6.07) is 7.20. The number of nitrogens with zero attached hydrogens (tertiary/aromatic N) is 5. The fourth-order valence-corrected chi connectivity index (χ4v) is 6.95. The average molecular weight is 490 g/mol. The minimum atomic E-state index is -3.49. The Kier molecular flexibility index (Phi) is 6.06. The largest absolute Gasteiger partial charge is 0.338 e. The van der Waals surface area contributed by atoms with E-state index in [9.17, 15) is 8.42 Å². The smallest absolute Gasteiger partial charge is 0.243 e. The molecule has 0 N–H and O–H groups in total. The van der Waals surface area contributed by atoms with Crippen LogP contribution in [0, 0.1) is 0 Å². The van der Waals surface area contributed by atoms with E-state index in [2.05, 4.69) is 14.7 Å². The number of thioether (sulfide) groups is 1. The molecule has 1 saturated heterocycles. The van der Waals surface area contributed by atoms with E-state index in [1.165, 1.54) is 11.8 Å². The molecule has 0 radical (unpaired) electrons. The number of thiophene rings is 1. The molecule has 1 aliphatic rings. The fraction of sp³-hybridized carbons (Fsp3) is 0.381. The van der Waals surface area contributed by atoms with Crippen LogP contribution >= 0.6 is 23.1 Å². The van der Waals surface area contributed by atoms with Gasteiger partial charge in [0.25, 0.3) is 0 Å². The van der Waals surface area contributed by atoms with Gasteiger partial charge in [0, 0.05) is 30.6 Å². The molecule has 1 fully saturated rings. The molecule has 8 nitrogen and oxygen atoms in total. The number of benzene rings is 1. The van der Waals surface area contributed by atoms with Gasteiger partial charge in [0.1, 0.15) is 0 Å². The summed E-state index contributed by atoms with van der Waals surface area (Å²) in [5.41, 5.74) is 2.53. The van der Waals surface area contributed by atoms with Gasteiger partial charge < -0.3 is 9.09 Å². The second kappa shape index (κ2) is 8.97. The van der Waals surface area contributed by atoms with Crippen LogP contribution in [-0.2, 0) is 22.3 Å². The molecule has 3 aromatic heterocycles. The van der Waals surface area contributed by atoms with Crippen molar-refractivity contribution in [1.29, 1.82) is 0 Å². The number of piperidine rings is 1. The molecule has 4 aromatic rings. The van der Waals surface area contributed by atoms with Gasteiger partial charge in [-0.3, -0.25) is 0 Å². The fourth-order valence-electron chi connectivity index (χ4n) is 3.87. The van der Waals surface area contributed by atoms with Crippen LogP contribution in [0.25, 0.3) is 22.4 Å². The molecule has 0 spiro atoms. The van der Waals surface area contributed by atoms with Crippen molar-refractivity contribution in [2.24, 2.45) is 0 Å². The minimum Gasteiger partial charge on any atom is -0.338 e. The first-order chi connectivity index (χ1) is 15.6. The van der Waals surface area contributed by atoms with Crippen LogP contribution in [0.1, 0.15) is 32.1 Å². The van der Waals surface area contributed by atoms with Crippen LogP contribution in [0.15, 0.2) is 49.6 Å². The van der Waals surface area contributed by atoms with Crippen molar-refractivity contribution in [3.63, 3.8) is 0 Å². The summed E-state index contributed by atoms with van der Waals surface area (Å²) >= 11 is 3.09. The monoisotopic (exact) mass is 489 g/mol. The molecule has 0 aliphatic carbocycles. The lowest BCUT2D eigenvalue weighted by Gasteiger charge is -2.25. The van der Waals surface area contributed by atoms with Crippen LogP contribution in [0.3, 0.4) is 0 Å². The van der Waals surface area contributed by atoms with Crippen molar-refractivity contribution in [3.8, 4) is 11.4 Å². The van der Waals surface area contributed by atoms with E-state index in [-0.39, 0.29) is 0 Å². The lowest BCUT2D eigenvalue weighted by atomic mass is 10.2. The van der Waals surface area contributed by atoms with Crippen LogP contribution < -0.4 is 0 Å². The van der Waals surface area contributed by atoms with E-state index in [1.54, 1.807) is 27.8 Å². The number of fused-ring (bicyclic) bond motifs is 1. The number of aryl methyl sites for hydroxylation is 1. The molecule has 0 saturated carbocycles. The van der Waals surface area contributed by atoms with E-state index in [1.807, 2.05) is 29.8 Å². The summed E-state index contributed by atoms with van der Waals surface area (Å²) in [5.74, 6) is 1.59. The molecule has 1 aliphatic heterocycles. The SMILES string of the molecule is CCn1c(SCc2nc(-c3ccsc3)no2)nc2cc(S(=O)(=O)N3CCCCC3)ccc21. The first-order valence-electron chi connectivity index (χ1n) is 10.5. The van der Waals surface area contributed by atoms with Crippen molar-refractivity contribution in [1.82, 2.24) is 24.0 Å². The Morgan fingerprint density at radius 1 is 1.16 bits per heavy atom. The first-order valence-corrected chi connectivity index (χ1v) is 13.9. The van der Waals surface area contributed by atoms with Gasteiger partial charge in [-0.15, -0.1) is 0 Å². The molecule has 0 amide bonds. The Hall–Kier alpha value is -2.21. The molecule has 32 heavy (non-hydrogen) atoms. The molecule has 0 atom stereocenters. The molecule has 5 rings (SSSR count). The quantitative estimate of drug-likeness (QED) is 0.349. The molecule has 168 valence electrons. The number of sulfonamides is 1. The lowest BCUT2D eigenvalue weighted by Crippen LogP contribution is -2.35. The molecular weight excluding hydrogens is 466 g/mol. The van der Waals surface area contributed by atoms with Crippen molar-refractivity contribution in [3.05, 3.63) is 40.9 Å². The van der Waals surface area contributed by atoms with Crippen molar-refractivity contribution >= 4 is 44.2 Å². The third-order valence-corrected chi connectivity index (χ3v) is 9.06. The third kappa shape index (κ3) is 4.09. The van der Waals surface area contributed by atoms with Gasteiger partial charge in [-0.05, 0) is 49.4 Å². The van der Waals surface area contributed by atoms with Crippen molar-refractivity contribution in [2.45, 2.75) is 48.5 Å². The number of rotatable bonds is 7. The zero-order valence-corrected chi connectivity index (χ0v) is 20.0. The number of imidazole rings is 1. The topological polar surface area (TPSA) is 94.1 Å². The highest BCUT2D eigenvalue weighted by molar-refractivity contribution is 7.98. The highest BCUT2D eigenvalue weighted by atomic mass is 32.2. The van der Waals surface area contributed by atoms with E-state index >= 15 is 0 Å². The molecule has 1 aromatic carbocycles. The number of hydrogen-bond donors (Lipinski definition) is 0. The predicted octanol–water partition coefficient (Wildman–Crippen LogP) is 4.63. The molecule has 4 heterocycles. The average Bonchev–Trinajstić information content (AvgIpc) is 3.57. The van der Waals surface area contributed by atoms with Crippen LogP contribution in [0.5, 0.6) is 0 Å². The van der Waals surface area contributed by atoms with E-state index in [0.29, 0.717) is 41.0 Å². The highest BCUT2D eigenvalue weighted by Gasteiger charge is 2.26. The Morgan fingerprint density at radius 2 is 2.00 bits per heavy atom. The number of aromatic nitrogens is 4. The van der Waals surface area contributed by atoms with Crippen molar-refractivity contribution < 1.29 is 12.9 Å². The third-order valence-electron chi connectivity index (χ3n) is 5.53. The molecular formula is C21H23N5O3S3. The Balaban J connectivity index is 1.39. The van der Waals surface area contributed by atoms with Gasteiger partial charge in [-0.25, -0.2) is 13.4 Å². The van der Waals surface area contributed by atoms with Crippen LogP contribution in [-0.4, -0.2) is 45.5 Å². The second-order valence-electron chi connectivity index (χ2n) is 7.57. The minimum absolute atomic E-state index is 0.307. The maximum atomic E-state index is 13.1. The van der Waals surface area contributed by atoms with Gasteiger partial charge in [0.05, 0.1) is 21.7 Å². The van der Waals surface area contributed by atoms with Gasteiger partial charge in [0.15, 0.2) is 5.16 Å². The van der Waals surface area contributed by atoms with Gasteiger partial charge >= 0.3 is 0 Å². The Morgan fingerprint density at radius 3 is 2.75 bits per heavy atom. The van der Waals surface area contributed by atoms with Crippen LogP contribution in [0.4, 0.5) is 0 Å². The standard InChI is InChI=1S/C21H23N5O3S3/c1-2-26-18-7-6-16(32(27,28)25-9-4-3-5-10-25)12-17(18)22-21(26)31-14-19-23-20(24-29-19)15-8-11-30-13-15/h6-8,11-13H,2-5,9-10,14H2,1H3. The Bertz CT molecular complexity index is 1320. The summed E-state index contributed by atoms with van der Waals surface area (Å²) in [6.45, 7) is 3.94. The first kappa shape index (κ1) is 21.6. The summed E-state index contributed by atoms with van der Waals surface area (Å²) < 4.78 is 35.2. The van der Waals surface area contributed by atoms with Crippen molar-refractivity contribution in [2.75, 3.05) is 13.1 Å². The predicted molar refractivity (Wildman–Crippen MR) is 125 cm³/mol. The summed E-state index contributed by atoms with van der Waals surface area (Å²) in [4.78, 5) is 9.50. The zero-order valence-electron chi connectivity index (χ0n) is 17.6. The van der Waals surface area contributed by atoms with E-state index in [4.69, 9.17) is 9.51 Å². The molecule has 0 unspecified atom stereocenters. The summed E-state index contributed by atoms with van der Waals surface area (Å²) in [6.07, 6.45) is 2.91. The molecule has 11 heteroatoms. The highest BCUT2D eigenvalue weighted by Crippen LogP contribution is 2.30. The van der Waals surface area contributed by atoms with Gasteiger partial charge in [-0.1, -0.05) is 23.3 Å². The lowest BCUT2D eigenvalue weighted by molar-refractivity contribution is 0.346. The zero-order chi connectivity index (χ0) is 22.1. The maximum Gasteiger partial charge on any atom is 0.243 e. The Labute approximate surface area is 194 Å². The summed E-state index contributed by atoms with van der Waals surface area (Å²) in [5, 5.41) is 8.80. The van der Waals surface area contributed by atoms with Gasteiger partial charge in [0.2, 0.25) is 21.7 Å². The van der Waals surface area contributed by atoms with E-state index in [0.717, 1.165) is 42.0 Å². The number of hydrogen-bond acceptors (Lipinski definition) is 8. The molecule has 0 bridgehead atoms. The normalized spacial score (nSPS) is 15.5. The maximum absolute atomic E-state index is 13.1. The van der Waals surface area contributed by atoms with Crippen LogP contribution in [0.2, 0.25) is 0 Å². The van der Waals surface area contributed by atoms with E-state index < -0.39 is 10.0 Å².